The van der Waals surface area contributed by atoms with E-state index in [1.54, 1.807) is 6.08 Å². The summed E-state index contributed by atoms with van der Waals surface area (Å²) in [6.07, 6.45) is 1.67. The van der Waals surface area contributed by atoms with Crippen LogP contribution in [0.1, 0.15) is 13.8 Å². The second-order valence-electron chi connectivity index (χ2n) is 3.59. The summed E-state index contributed by atoms with van der Waals surface area (Å²) in [6, 6.07) is 0. The molecule has 1 fully saturated rings. The molecule has 0 N–H and O–H groups in total. The Hall–Kier alpha value is 0.280. The Morgan fingerprint density at radius 3 is 2.08 bits per heavy atom. The largest absolute Gasteiger partial charge is 0.281 e. The highest BCUT2D eigenvalue weighted by molar-refractivity contribution is 6.64. The predicted molar refractivity (Wildman–Crippen MR) is 51.4 cm³/mol. The summed E-state index contributed by atoms with van der Waals surface area (Å²) >= 11 is 16.3. The van der Waals surface area contributed by atoms with Gasteiger partial charge in [-0.05, 0) is 29.0 Å². The first-order chi connectivity index (χ1) is 5.37. The van der Waals surface area contributed by atoms with E-state index in [0.29, 0.717) is 0 Å². The van der Waals surface area contributed by atoms with Crippen molar-refractivity contribution in [2.45, 2.75) is 13.8 Å². The van der Waals surface area contributed by atoms with Crippen LogP contribution in [0, 0.1) is 17.3 Å². The second-order valence-corrected chi connectivity index (χ2v) is 4.97. The number of carbonyl (C=O) groups is 1. The predicted octanol–water partition coefficient (Wildman–Crippen LogP) is 3.34. The van der Waals surface area contributed by atoms with E-state index in [4.69, 9.17) is 34.8 Å². The summed E-state index contributed by atoms with van der Waals surface area (Å²) in [7, 11) is 0. The van der Waals surface area contributed by atoms with Crippen molar-refractivity contribution in [3.8, 4) is 0 Å². The van der Waals surface area contributed by atoms with E-state index in [-0.39, 0.29) is 27.0 Å². The van der Waals surface area contributed by atoms with Crippen molar-refractivity contribution >= 4 is 40.0 Å². The maximum Gasteiger partial charge on any atom is 0.225 e. The van der Waals surface area contributed by atoms with E-state index < -0.39 is 0 Å². The SMILES string of the molecule is CC1(C)[C@H](C=C(Cl)Cl)[C@@H]1C(=O)Cl. The highest BCUT2D eigenvalue weighted by atomic mass is 35.5. The molecule has 2 atom stereocenters. The molecule has 0 aliphatic heterocycles. The van der Waals surface area contributed by atoms with Crippen LogP contribution in [-0.2, 0) is 4.79 Å². The molecule has 1 aliphatic carbocycles. The lowest BCUT2D eigenvalue weighted by molar-refractivity contribution is -0.113. The van der Waals surface area contributed by atoms with Gasteiger partial charge in [0.05, 0.1) is 0 Å². The van der Waals surface area contributed by atoms with Crippen molar-refractivity contribution in [3.05, 3.63) is 10.6 Å². The van der Waals surface area contributed by atoms with Gasteiger partial charge in [0, 0.05) is 5.92 Å². The zero-order valence-electron chi connectivity index (χ0n) is 6.77. The number of rotatable bonds is 2. The van der Waals surface area contributed by atoms with Crippen molar-refractivity contribution < 1.29 is 4.79 Å². The van der Waals surface area contributed by atoms with Gasteiger partial charge in [0.15, 0.2) is 0 Å². The minimum Gasteiger partial charge on any atom is -0.281 e. The van der Waals surface area contributed by atoms with Crippen LogP contribution in [0.5, 0.6) is 0 Å². The first-order valence-corrected chi connectivity index (χ1v) is 4.73. The molecule has 0 aromatic rings. The fraction of sp³-hybridized carbons (Fsp3) is 0.625. The van der Waals surface area contributed by atoms with Gasteiger partial charge in [0.1, 0.15) is 4.49 Å². The number of hydrogen-bond acceptors (Lipinski definition) is 1. The molecule has 0 aromatic heterocycles. The van der Waals surface area contributed by atoms with Gasteiger partial charge in [-0.1, -0.05) is 37.0 Å². The minimum absolute atomic E-state index is 0.0894. The van der Waals surface area contributed by atoms with Crippen molar-refractivity contribution in [2.75, 3.05) is 0 Å². The number of halogens is 3. The van der Waals surface area contributed by atoms with Gasteiger partial charge in [-0.25, -0.2) is 0 Å². The molecule has 0 unspecified atom stereocenters. The van der Waals surface area contributed by atoms with Crippen molar-refractivity contribution in [1.82, 2.24) is 0 Å². The van der Waals surface area contributed by atoms with Crippen molar-refractivity contribution in [3.63, 3.8) is 0 Å². The van der Waals surface area contributed by atoms with Crippen LogP contribution >= 0.6 is 34.8 Å². The van der Waals surface area contributed by atoms with E-state index in [2.05, 4.69) is 0 Å². The topological polar surface area (TPSA) is 17.1 Å². The van der Waals surface area contributed by atoms with E-state index in [9.17, 15) is 4.79 Å². The third-order valence-electron chi connectivity index (χ3n) is 2.46. The van der Waals surface area contributed by atoms with Crippen LogP contribution in [0.3, 0.4) is 0 Å². The first-order valence-electron chi connectivity index (χ1n) is 3.59. The summed E-state index contributed by atoms with van der Waals surface area (Å²) in [6.45, 7) is 3.94. The molecule has 0 aromatic carbocycles. The van der Waals surface area contributed by atoms with Gasteiger partial charge in [0.2, 0.25) is 5.24 Å². The molecule has 0 spiro atoms. The molecule has 68 valence electrons. The molecule has 1 nitrogen and oxygen atoms in total. The van der Waals surface area contributed by atoms with Crippen LogP contribution in [0.15, 0.2) is 10.6 Å². The quantitative estimate of drug-likeness (QED) is 0.661. The molecule has 0 amide bonds. The van der Waals surface area contributed by atoms with Crippen LogP contribution in [0.4, 0.5) is 0 Å². The molecule has 1 aliphatic rings. The van der Waals surface area contributed by atoms with E-state index in [1.807, 2.05) is 13.8 Å². The Balaban J connectivity index is 2.73. The first kappa shape index (κ1) is 10.4. The molecule has 1 saturated carbocycles. The molecule has 12 heavy (non-hydrogen) atoms. The Morgan fingerprint density at radius 2 is 1.83 bits per heavy atom. The van der Waals surface area contributed by atoms with Crippen molar-refractivity contribution in [2.24, 2.45) is 17.3 Å². The maximum atomic E-state index is 10.9. The van der Waals surface area contributed by atoms with E-state index in [1.165, 1.54) is 0 Å². The summed E-state index contributed by atoms with van der Waals surface area (Å²) in [5.41, 5.74) is -0.0894. The van der Waals surface area contributed by atoms with Crippen LogP contribution in [-0.4, -0.2) is 5.24 Å². The average molecular weight is 228 g/mol. The highest BCUT2D eigenvalue weighted by Crippen LogP contribution is 2.60. The molecule has 0 bridgehead atoms. The van der Waals surface area contributed by atoms with Gasteiger partial charge in [0.25, 0.3) is 0 Å². The van der Waals surface area contributed by atoms with Gasteiger partial charge >= 0.3 is 0 Å². The smallest absolute Gasteiger partial charge is 0.225 e. The fourth-order valence-electron chi connectivity index (χ4n) is 1.56. The van der Waals surface area contributed by atoms with E-state index >= 15 is 0 Å². The monoisotopic (exact) mass is 226 g/mol. The second kappa shape index (κ2) is 3.21. The Labute approximate surface area is 86.7 Å². The van der Waals surface area contributed by atoms with Gasteiger partial charge in [-0.3, -0.25) is 4.79 Å². The summed E-state index contributed by atoms with van der Waals surface area (Å²) in [4.78, 5) is 10.9. The number of carbonyl (C=O) groups excluding carboxylic acids is 1. The molecule has 0 saturated heterocycles. The fourth-order valence-corrected chi connectivity index (χ4v) is 2.25. The summed E-state index contributed by atoms with van der Waals surface area (Å²) < 4.78 is 0.202. The third kappa shape index (κ3) is 1.78. The normalized spacial score (nSPS) is 31.1. The third-order valence-corrected chi connectivity index (χ3v) is 2.95. The zero-order valence-corrected chi connectivity index (χ0v) is 9.04. The van der Waals surface area contributed by atoms with Crippen LogP contribution in [0.2, 0.25) is 0 Å². The van der Waals surface area contributed by atoms with Crippen molar-refractivity contribution in [1.29, 1.82) is 0 Å². The molecular formula is C8H9Cl3O. The molecule has 4 heteroatoms. The van der Waals surface area contributed by atoms with Gasteiger partial charge in [-0.15, -0.1) is 0 Å². The zero-order chi connectivity index (χ0) is 9.52. The molecule has 1 rings (SSSR count). The number of hydrogen-bond donors (Lipinski definition) is 0. The standard InChI is InChI=1S/C8H9Cl3O/c1-8(2)4(3-5(9)10)6(8)7(11)12/h3-4,6H,1-2H3/t4-,6-/m1/s1. The lowest BCUT2D eigenvalue weighted by atomic mass is 10.1. The lowest BCUT2D eigenvalue weighted by Gasteiger charge is -1.96. The number of allylic oxidation sites excluding steroid dienone is 1. The van der Waals surface area contributed by atoms with Gasteiger partial charge in [-0.2, -0.15) is 0 Å². The van der Waals surface area contributed by atoms with Crippen LogP contribution in [0.25, 0.3) is 0 Å². The lowest BCUT2D eigenvalue weighted by Crippen LogP contribution is -1.96. The summed E-state index contributed by atoms with van der Waals surface area (Å²) in [5.74, 6) is -0.0424. The van der Waals surface area contributed by atoms with E-state index in [0.717, 1.165) is 0 Å². The molecular weight excluding hydrogens is 218 g/mol. The Morgan fingerprint density at radius 1 is 1.33 bits per heavy atom. The summed E-state index contributed by atoms with van der Waals surface area (Å²) in [5, 5.41) is -0.309. The molecule has 0 heterocycles. The van der Waals surface area contributed by atoms with Crippen LogP contribution < -0.4 is 0 Å². The Kier molecular flexibility index (Phi) is 2.77. The minimum atomic E-state index is -0.309. The molecule has 0 radical (unpaired) electrons. The average Bonchev–Trinajstić information content (AvgIpc) is 2.32. The Bertz CT molecular complexity index is 241. The van der Waals surface area contributed by atoms with Gasteiger partial charge < -0.3 is 0 Å². The maximum absolute atomic E-state index is 10.9. The highest BCUT2D eigenvalue weighted by Gasteiger charge is 2.60.